The van der Waals surface area contributed by atoms with Crippen molar-refractivity contribution in [3.8, 4) is 16.9 Å². The molecule has 2 N–H and O–H groups in total. The molecule has 0 fully saturated rings. The molecule has 0 bridgehead atoms. The second-order valence-corrected chi connectivity index (χ2v) is 10.2. The maximum Gasteiger partial charge on any atom is 0.276 e. The third kappa shape index (κ3) is 3.11. The average molecular weight is 479 g/mol. The summed E-state index contributed by atoms with van der Waals surface area (Å²) < 4.78 is 45.7. The second kappa shape index (κ2) is 7.26. The number of benzene rings is 2. The molecule has 2 aromatic carbocycles. The molecule has 11 heteroatoms. The van der Waals surface area contributed by atoms with E-state index in [4.69, 9.17) is 4.74 Å². The summed E-state index contributed by atoms with van der Waals surface area (Å²) in [5.74, 6) is 0.278. The highest BCUT2D eigenvalue weighted by molar-refractivity contribution is 7.90. The standard InChI is InChI=1S/C23H18FN5O4S/c1-34(31,32)12-2-3-13-16-10-26-23(25-9-15-14-6-7-33-19(14)5-4-17(15)24)29-11-27-20(21(16)29)22(30)28-18(13)8-12/h2-5,8,10-11H,6-7,9H2,1H3,(H,25,26)(H,28,30). The van der Waals surface area contributed by atoms with Crippen molar-refractivity contribution in [2.75, 3.05) is 23.5 Å². The molecule has 172 valence electrons. The van der Waals surface area contributed by atoms with Crippen LogP contribution < -0.4 is 15.4 Å². The van der Waals surface area contributed by atoms with Gasteiger partial charge in [-0.1, -0.05) is 6.07 Å². The van der Waals surface area contributed by atoms with Gasteiger partial charge in [-0.05, 0) is 24.3 Å². The van der Waals surface area contributed by atoms with E-state index in [1.165, 1.54) is 24.5 Å². The molecule has 0 atom stereocenters. The van der Waals surface area contributed by atoms with Crippen LogP contribution in [0.1, 0.15) is 21.6 Å². The number of anilines is 2. The quantitative estimate of drug-likeness (QED) is 0.462. The van der Waals surface area contributed by atoms with Crippen LogP contribution in [0, 0.1) is 5.82 Å². The predicted octanol–water partition coefficient (Wildman–Crippen LogP) is 3.05. The van der Waals surface area contributed by atoms with E-state index < -0.39 is 15.7 Å². The Morgan fingerprint density at radius 1 is 1.21 bits per heavy atom. The number of ether oxygens (including phenoxy) is 1. The zero-order valence-electron chi connectivity index (χ0n) is 17.9. The van der Waals surface area contributed by atoms with Gasteiger partial charge in [0.2, 0.25) is 5.95 Å². The summed E-state index contributed by atoms with van der Waals surface area (Å²) >= 11 is 0. The van der Waals surface area contributed by atoms with Crippen molar-refractivity contribution in [3.05, 3.63) is 65.5 Å². The Hall–Kier alpha value is -3.99. The number of aromatic nitrogens is 3. The first-order valence-electron chi connectivity index (χ1n) is 10.5. The van der Waals surface area contributed by atoms with Crippen LogP contribution in [0.3, 0.4) is 0 Å². The maximum atomic E-state index is 14.5. The van der Waals surface area contributed by atoms with Gasteiger partial charge in [0.25, 0.3) is 5.91 Å². The van der Waals surface area contributed by atoms with Crippen LogP contribution in [-0.2, 0) is 22.8 Å². The monoisotopic (exact) mass is 479 g/mol. The summed E-state index contributed by atoms with van der Waals surface area (Å²) in [5, 5.41) is 5.91. The van der Waals surface area contributed by atoms with Crippen molar-refractivity contribution in [2.24, 2.45) is 0 Å². The molecule has 0 saturated carbocycles. The lowest BCUT2D eigenvalue weighted by Gasteiger charge is -2.14. The van der Waals surface area contributed by atoms with Gasteiger partial charge in [-0.15, -0.1) is 0 Å². The van der Waals surface area contributed by atoms with Crippen LogP contribution in [-0.4, -0.2) is 41.6 Å². The number of amides is 1. The fourth-order valence-electron chi connectivity index (χ4n) is 4.46. The number of hydrogen-bond donors (Lipinski definition) is 2. The Kier molecular flexibility index (Phi) is 4.40. The van der Waals surface area contributed by atoms with Gasteiger partial charge in [-0.2, -0.15) is 0 Å². The van der Waals surface area contributed by atoms with E-state index in [9.17, 15) is 17.6 Å². The van der Waals surface area contributed by atoms with Crippen LogP contribution in [0.15, 0.2) is 47.8 Å². The Balaban J connectivity index is 1.44. The molecular formula is C23H18FN5O4S. The third-order valence-electron chi connectivity index (χ3n) is 6.10. The summed E-state index contributed by atoms with van der Waals surface area (Å²) in [6.45, 7) is 0.692. The highest BCUT2D eigenvalue weighted by Gasteiger charge is 2.27. The first-order chi connectivity index (χ1) is 16.3. The third-order valence-corrected chi connectivity index (χ3v) is 7.21. The summed E-state index contributed by atoms with van der Waals surface area (Å²) in [5.41, 5.74) is 3.63. The smallest absolute Gasteiger partial charge is 0.276 e. The number of imidazole rings is 1. The summed E-state index contributed by atoms with van der Waals surface area (Å²) in [6.07, 6.45) is 4.81. The molecule has 0 spiro atoms. The number of sulfone groups is 1. The maximum absolute atomic E-state index is 14.5. The molecule has 1 amide bonds. The lowest BCUT2D eigenvalue weighted by atomic mass is 10.0. The topological polar surface area (TPSA) is 115 Å². The van der Waals surface area contributed by atoms with Crippen molar-refractivity contribution in [3.63, 3.8) is 0 Å². The van der Waals surface area contributed by atoms with Crippen LogP contribution in [0.4, 0.5) is 16.0 Å². The van der Waals surface area contributed by atoms with E-state index in [2.05, 4.69) is 20.6 Å². The van der Waals surface area contributed by atoms with Crippen molar-refractivity contribution < 1.29 is 22.3 Å². The Morgan fingerprint density at radius 3 is 2.88 bits per heavy atom. The van der Waals surface area contributed by atoms with E-state index >= 15 is 0 Å². The summed E-state index contributed by atoms with van der Waals surface area (Å²) in [6, 6.07) is 7.58. The van der Waals surface area contributed by atoms with Crippen LogP contribution >= 0.6 is 0 Å². The zero-order chi connectivity index (χ0) is 23.6. The molecule has 0 saturated heterocycles. The van der Waals surface area contributed by atoms with Gasteiger partial charge in [-0.3, -0.25) is 9.20 Å². The average Bonchev–Trinajstić information content (AvgIpc) is 3.43. The summed E-state index contributed by atoms with van der Waals surface area (Å²) in [7, 11) is -3.46. The number of carbonyl (C=O) groups is 1. The van der Waals surface area contributed by atoms with E-state index in [0.717, 1.165) is 11.8 Å². The number of fused-ring (bicyclic) bond motifs is 3. The van der Waals surface area contributed by atoms with Crippen LogP contribution in [0.5, 0.6) is 5.75 Å². The predicted molar refractivity (Wildman–Crippen MR) is 122 cm³/mol. The molecule has 4 heterocycles. The van der Waals surface area contributed by atoms with Crippen molar-refractivity contribution >= 4 is 32.9 Å². The molecule has 9 nitrogen and oxygen atoms in total. The van der Waals surface area contributed by atoms with Crippen LogP contribution in [0.25, 0.3) is 16.6 Å². The first-order valence-corrected chi connectivity index (χ1v) is 12.4. The molecule has 0 radical (unpaired) electrons. The SMILES string of the molecule is CS(=O)(=O)c1ccc2c(c1)NC(=O)c1ncn3c(NCc4c(F)ccc5c4CCO5)ncc-2c13. The number of hydrogen-bond acceptors (Lipinski definition) is 7. The van der Waals surface area contributed by atoms with Crippen molar-refractivity contribution in [1.82, 2.24) is 14.4 Å². The number of halogens is 1. The molecule has 0 unspecified atom stereocenters. The molecule has 2 aliphatic rings. The molecule has 2 aliphatic heterocycles. The van der Waals surface area contributed by atoms with Crippen LogP contribution in [0.2, 0.25) is 0 Å². The number of nitrogens with one attached hydrogen (secondary N) is 2. The second-order valence-electron chi connectivity index (χ2n) is 8.20. The number of carbonyl (C=O) groups excluding carboxylic acids is 1. The lowest BCUT2D eigenvalue weighted by molar-refractivity contribution is 0.102. The van der Waals surface area contributed by atoms with E-state index in [-0.39, 0.29) is 23.0 Å². The minimum Gasteiger partial charge on any atom is -0.493 e. The van der Waals surface area contributed by atoms with Gasteiger partial charge in [0.15, 0.2) is 15.5 Å². The molecule has 4 aromatic rings. The molecule has 0 aliphatic carbocycles. The van der Waals surface area contributed by atoms with Gasteiger partial charge < -0.3 is 15.4 Å². The fraction of sp³-hybridized carbons (Fsp3) is 0.174. The number of rotatable bonds is 4. The van der Waals surface area contributed by atoms with Gasteiger partial charge in [0.05, 0.1) is 22.7 Å². The first kappa shape index (κ1) is 20.6. The molecule has 6 rings (SSSR count). The Bertz CT molecular complexity index is 1630. The molecule has 2 aromatic heterocycles. The minimum absolute atomic E-state index is 0.0950. The van der Waals surface area contributed by atoms with Gasteiger partial charge in [-0.25, -0.2) is 22.8 Å². The van der Waals surface area contributed by atoms with Gasteiger partial charge in [0, 0.05) is 47.7 Å². The van der Waals surface area contributed by atoms with Crippen molar-refractivity contribution in [2.45, 2.75) is 17.9 Å². The molecule has 34 heavy (non-hydrogen) atoms. The lowest BCUT2D eigenvalue weighted by Crippen LogP contribution is -2.12. The Morgan fingerprint density at radius 2 is 2.06 bits per heavy atom. The fourth-order valence-corrected chi connectivity index (χ4v) is 5.10. The Labute approximate surface area is 193 Å². The molecular weight excluding hydrogens is 461 g/mol. The van der Waals surface area contributed by atoms with Gasteiger partial charge >= 0.3 is 0 Å². The number of nitrogens with zero attached hydrogens (tertiary/aromatic N) is 3. The normalized spacial score (nSPS) is 14.2. The van der Waals surface area contributed by atoms with E-state index in [1.807, 2.05) is 0 Å². The highest BCUT2D eigenvalue weighted by atomic mass is 32.2. The largest absolute Gasteiger partial charge is 0.493 e. The minimum atomic E-state index is -3.46. The van der Waals surface area contributed by atoms with Crippen molar-refractivity contribution in [1.29, 1.82) is 0 Å². The van der Waals surface area contributed by atoms with E-state index in [0.29, 0.717) is 52.6 Å². The van der Waals surface area contributed by atoms with E-state index in [1.54, 1.807) is 22.7 Å². The highest BCUT2D eigenvalue weighted by Crippen LogP contribution is 2.38. The summed E-state index contributed by atoms with van der Waals surface area (Å²) in [4.78, 5) is 21.8. The van der Waals surface area contributed by atoms with Gasteiger partial charge in [0.1, 0.15) is 17.9 Å². The zero-order valence-corrected chi connectivity index (χ0v) is 18.7.